The molecule has 0 saturated carbocycles. The van der Waals surface area contributed by atoms with Crippen molar-refractivity contribution in [1.29, 1.82) is 0 Å². The Balaban J connectivity index is 0.00000180. The molecule has 2 aliphatic heterocycles. The average Bonchev–Trinajstić information content (AvgIpc) is 2.37. The van der Waals surface area contributed by atoms with Crippen LogP contribution in [-0.4, -0.2) is 85.6 Å². The number of nitrogens with one attached hydrogen (secondary N) is 1. The van der Waals surface area contributed by atoms with Gasteiger partial charge >= 0.3 is 0 Å². The second-order valence-electron chi connectivity index (χ2n) is 5.86. The van der Waals surface area contributed by atoms with Crippen molar-refractivity contribution in [3.05, 3.63) is 0 Å². The van der Waals surface area contributed by atoms with Crippen LogP contribution in [0.3, 0.4) is 0 Å². The van der Waals surface area contributed by atoms with Crippen molar-refractivity contribution in [2.45, 2.75) is 19.4 Å². The van der Waals surface area contributed by atoms with Crippen LogP contribution in [-0.2, 0) is 4.79 Å². The SMILES string of the molecule is CN1CCN(CCN2CCNCC2)C(C)(C)C1=O.Cl.Cl. The van der Waals surface area contributed by atoms with Gasteiger partial charge in [-0.15, -0.1) is 24.8 Å². The van der Waals surface area contributed by atoms with Gasteiger partial charge in [-0.05, 0) is 13.8 Å². The van der Waals surface area contributed by atoms with E-state index in [1.54, 1.807) is 0 Å². The lowest BCUT2D eigenvalue weighted by atomic mass is 9.98. The predicted octanol–water partition coefficient (Wildman–Crippen LogP) is 0.288. The summed E-state index contributed by atoms with van der Waals surface area (Å²) in [6.07, 6.45) is 0. The number of amides is 1. The van der Waals surface area contributed by atoms with E-state index >= 15 is 0 Å². The molecule has 5 nitrogen and oxygen atoms in total. The number of carbonyl (C=O) groups excluding carboxylic acids is 1. The molecule has 2 heterocycles. The topological polar surface area (TPSA) is 38.8 Å². The van der Waals surface area contributed by atoms with Crippen molar-refractivity contribution < 1.29 is 4.79 Å². The van der Waals surface area contributed by atoms with Crippen molar-refractivity contribution in [3.8, 4) is 0 Å². The van der Waals surface area contributed by atoms with Crippen molar-refractivity contribution in [1.82, 2.24) is 20.0 Å². The smallest absolute Gasteiger partial charge is 0.242 e. The van der Waals surface area contributed by atoms with Crippen LogP contribution in [0, 0.1) is 0 Å². The lowest BCUT2D eigenvalue weighted by Gasteiger charge is -2.45. The highest BCUT2D eigenvalue weighted by Gasteiger charge is 2.40. The molecule has 2 rings (SSSR count). The van der Waals surface area contributed by atoms with E-state index in [0.29, 0.717) is 0 Å². The first-order valence-corrected chi connectivity index (χ1v) is 6.95. The third kappa shape index (κ3) is 4.46. The Morgan fingerprint density at radius 1 is 1.05 bits per heavy atom. The van der Waals surface area contributed by atoms with Gasteiger partial charge in [0.15, 0.2) is 0 Å². The van der Waals surface area contributed by atoms with E-state index in [9.17, 15) is 4.79 Å². The van der Waals surface area contributed by atoms with Gasteiger partial charge in [0.2, 0.25) is 5.91 Å². The molecule has 0 spiro atoms. The van der Waals surface area contributed by atoms with Crippen molar-refractivity contribution in [2.75, 3.05) is 59.4 Å². The molecule has 0 radical (unpaired) electrons. The molecule has 1 amide bonds. The lowest BCUT2D eigenvalue weighted by molar-refractivity contribution is -0.147. The molecule has 0 bridgehead atoms. The molecule has 0 unspecified atom stereocenters. The Morgan fingerprint density at radius 2 is 1.65 bits per heavy atom. The maximum absolute atomic E-state index is 12.2. The van der Waals surface area contributed by atoms with E-state index in [-0.39, 0.29) is 36.3 Å². The highest BCUT2D eigenvalue weighted by molar-refractivity contribution is 5.86. The van der Waals surface area contributed by atoms with Gasteiger partial charge < -0.3 is 10.2 Å². The maximum Gasteiger partial charge on any atom is 0.242 e. The standard InChI is InChI=1S/C13H26N4O.2ClH/c1-13(2)12(18)15(3)8-10-17(13)11-9-16-6-4-14-5-7-16;;/h14H,4-11H2,1-3H3;2*1H. The number of piperazine rings is 2. The van der Waals surface area contributed by atoms with Crippen LogP contribution in [0.25, 0.3) is 0 Å². The van der Waals surface area contributed by atoms with Crippen molar-refractivity contribution in [2.24, 2.45) is 0 Å². The van der Waals surface area contributed by atoms with Crippen LogP contribution >= 0.6 is 24.8 Å². The molecule has 0 aromatic heterocycles. The molecule has 0 aliphatic carbocycles. The fraction of sp³-hybridized carbons (Fsp3) is 0.923. The Kier molecular flexibility index (Phi) is 8.36. The minimum absolute atomic E-state index is 0. The van der Waals surface area contributed by atoms with E-state index in [1.165, 1.54) is 0 Å². The van der Waals surface area contributed by atoms with Crippen molar-refractivity contribution in [3.63, 3.8) is 0 Å². The summed E-state index contributed by atoms with van der Waals surface area (Å²) in [5.74, 6) is 0.245. The number of hydrogen-bond acceptors (Lipinski definition) is 4. The Morgan fingerprint density at radius 3 is 2.25 bits per heavy atom. The first-order valence-electron chi connectivity index (χ1n) is 6.95. The van der Waals surface area contributed by atoms with Gasteiger partial charge in [-0.25, -0.2) is 0 Å². The number of hydrogen-bond donors (Lipinski definition) is 1. The Bertz CT molecular complexity index is 309. The largest absolute Gasteiger partial charge is 0.343 e. The highest BCUT2D eigenvalue weighted by atomic mass is 35.5. The molecule has 2 aliphatic rings. The summed E-state index contributed by atoms with van der Waals surface area (Å²) in [6, 6.07) is 0. The zero-order chi connectivity index (χ0) is 13.2. The summed E-state index contributed by atoms with van der Waals surface area (Å²) in [5, 5.41) is 3.37. The van der Waals surface area contributed by atoms with Gasteiger partial charge in [-0.3, -0.25) is 14.6 Å². The third-order valence-corrected chi connectivity index (χ3v) is 4.26. The second kappa shape index (κ2) is 8.39. The van der Waals surface area contributed by atoms with Crippen LogP contribution in [0.15, 0.2) is 0 Å². The fourth-order valence-corrected chi connectivity index (χ4v) is 2.84. The summed E-state index contributed by atoms with van der Waals surface area (Å²) in [6.45, 7) is 12.4. The van der Waals surface area contributed by atoms with Gasteiger partial charge in [-0.1, -0.05) is 0 Å². The molecule has 7 heteroatoms. The van der Waals surface area contributed by atoms with Gasteiger partial charge in [0.25, 0.3) is 0 Å². The molecular formula is C13H28Cl2N4O. The van der Waals surface area contributed by atoms with Crippen LogP contribution in [0.2, 0.25) is 0 Å². The molecule has 0 atom stereocenters. The minimum Gasteiger partial charge on any atom is -0.343 e. The minimum atomic E-state index is -0.346. The summed E-state index contributed by atoms with van der Waals surface area (Å²) < 4.78 is 0. The quantitative estimate of drug-likeness (QED) is 0.809. The number of carbonyl (C=O) groups is 1. The molecule has 2 saturated heterocycles. The van der Waals surface area contributed by atoms with E-state index in [4.69, 9.17) is 0 Å². The zero-order valence-corrected chi connectivity index (χ0v) is 14.4. The predicted molar refractivity (Wildman–Crippen MR) is 87.1 cm³/mol. The summed E-state index contributed by atoms with van der Waals surface area (Å²) in [4.78, 5) is 18.8. The van der Waals surface area contributed by atoms with Gasteiger partial charge in [0, 0.05) is 59.4 Å². The lowest BCUT2D eigenvalue weighted by Crippen LogP contribution is -2.63. The molecule has 1 N–H and O–H groups in total. The van der Waals surface area contributed by atoms with Gasteiger partial charge in [0.05, 0.1) is 5.54 Å². The first kappa shape index (κ1) is 19.9. The number of likely N-dealkylation sites (N-methyl/N-ethyl adjacent to an activating group) is 1. The molecule has 2 fully saturated rings. The van der Waals surface area contributed by atoms with E-state index in [2.05, 4.69) is 15.1 Å². The highest BCUT2D eigenvalue weighted by Crippen LogP contribution is 2.21. The monoisotopic (exact) mass is 326 g/mol. The molecule has 0 aromatic rings. The molecule has 20 heavy (non-hydrogen) atoms. The summed E-state index contributed by atoms with van der Waals surface area (Å²) in [5.41, 5.74) is -0.346. The zero-order valence-electron chi connectivity index (χ0n) is 12.7. The van der Waals surface area contributed by atoms with Crippen LogP contribution in [0.5, 0.6) is 0 Å². The molecule has 120 valence electrons. The molecular weight excluding hydrogens is 299 g/mol. The maximum atomic E-state index is 12.2. The Hall–Kier alpha value is -0.0700. The van der Waals surface area contributed by atoms with Crippen LogP contribution in [0.4, 0.5) is 0 Å². The van der Waals surface area contributed by atoms with Crippen LogP contribution < -0.4 is 5.32 Å². The Labute approximate surface area is 134 Å². The second-order valence-corrected chi connectivity index (χ2v) is 5.86. The van der Waals surface area contributed by atoms with Gasteiger partial charge in [-0.2, -0.15) is 0 Å². The number of halogens is 2. The normalized spacial score (nSPS) is 23.9. The third-order valence-electron chi connectivity index (χ3n) is 4.26. The number of nitrogens with zero attached hydrogens (tertiary/aromatic N) is 3. The van der Waals surface area contributed by atoms with E-state index in [1.807, 2.05) is 25.8 Å². The van der Waals surface area contributed by atoms with E-state index < -0.39 is 0 Å². The number of rotatable bonds is 3. The van der Waals surface area contributed by atoms with Crippen molar-refractivity contribution >= 4 is 30.7 Å². The fourth-order valence-electron chi connectivity index (χ4n) is 2.84. The van der Waals surface area contributed by atoms with E-state index in [0.717, 1.165) is 52.4 Å². The molecule has 0 aromatic carbocycles. The summed E-state index contributed by atoms with van der Waals surface area (Å²) >= 11 is 0. The summed E-state index contributed by atoms with van der Waals surface area (Å²) in [7, 11) is 1.90. The first-order chi connectivity index (χ1) is 8.51. The van der Waals surface area contributed by atoms with Gasteiger partial charge in [0.1, 0.15) is 0 Å². The average molecular weight is 327 g/mol. The van der Waals surface area contributed by atoms with Crippen LogP contribution in [0.1, 0.15) is 13.8 Å².